The highest BCUT2D eigenvalue weighted by Gasteiger charge is 2.02. The number of carboxylic acids is 1. The van der Waals surface area contributed by atoms with Gasteiger partial charge in [0.05, 0.1) is 6.20 Å². The summed E-state index contributed by atoms with van der Waals surface area (Å²) in [6, 6.07) is 7.19. The van der Waals surface area contributed by atoms with E-state index in [1.54, 1.807) is 18.3 Å². The Morgan fingerprint density at radius 1 is 1.44 bits per heavy atom. The van der Waals surface area contributed by atoms with Gasteiger partial charge in [0.25, 0.3) is 0 Å². The molecule has 1 aromatic carbocycles. The normalized spacial score (nSPS) is 10.7. The summed E-state index contributed by atoms with van der Waals surface area (Å²) in [5, 5.41) is 12.2. The van der Waals surface area contributed by atoms with Crippen molar-refractivity contribution in [1.29, 1.82) is 0 Å². The lowest BCUT2D eigenvalue weighted by atomic mass is 10.2. The number of aliphatic carboxylic acids is 1. The predicted molar refractivity (Wildman–Crippen MR) is 63.9 cm³/mol. The fraction of sp³-hybridized carbons (Fsp3) is 0.0769. The van der Waals surface area contributed by atoms with Crippen LogP contribution in [0.4, 0.5) is 0 Å². The van der Waals surface area contributed by atoms with E-state index in [1.165, 1.54) is 12.3 Å². The average molecular weight is 245 g/mol. The molecule has 2 aromatic rings. The van der Waals surface area contributed by atoms with Gasteiger partial charge in [0.15, 0.2) is 0 Å². The number of carboxylic acid groups (broad SMARTS) is 1. The maximum atomic E-state index is 10.5. The molecule has 18 heavy (non-hydrogen) atoms. The molecule has 0 saturated heterocycles. The summed E-state index contributed by atoms with van der Waals surface area (Å²) in [7, 11) is 0. The molecule has 0 fully saturated rings. The summed E-state index contributed by atoms with van der Waals surface area (Å²) in [6.07, 6.45) is 5.62. The molecule has 5 nitrogen and oxygen atoms in total. The Kier molecular flexibility index (Phi) is 3.76. The summed E-state index contributed by atoms with van der Waals surface area (Å²) >= 11 is 0. The zero-order valence-corrected chi connectivity index (χ0v) is 9.45. The van der Waals surface area contributed by atoms with Crippen molar-refractivity contribution in [1.82, 2.24) is 5.16 Å². The third-order valence-corrected chi connectivity index (χ3v) is 2.20. The molecule has 0 aliphatic heterocycles. The van der Waals surface area contributed by atoms with Gasteiger partial charge in [0.1, 0.15) is 18.6 Å². The first-order chi connectivity index (χ1) is 8.75. The third kappa shape index (κ3) is 3.21. The maximum Gasteiger partial charge on any atom is 0.328 e. The molecule has 0 saturated carbocycles. The van der Waals surface area contributed by atoms with Gasteiger partial charge in [-0.25, -0.2) is 4.79 Å². The molecule has 1 heterocycles. The van der Waals surface area contributed by atoms with E-state index in [1.807, 2.05) is 12.1 Å². The number of rotatable bonds is 5. The van der Waals surface area contributed by atoms with Crippen LogP contribution in [0.3, 0.4) is 0 Å². The van der Waals surface area contributed by atoms with Crippen LogP contribution in [0.5, 0.6) is 5.75 Å². The number of hydrogen-bond donors (Lipinski definition) is 1. The largest absolute Gasteiger partial charge is 0.488 e. The van der Waals surface area contributed by atoms with E-state index < -0.39 is 5.97 Å². The molecule has 0 atom stereocenters. The number of ether oxygens (including phenoxy) is 1. The van der Waals surface area contributed by atoms with Crippen molar-refractivity contribution in [3.63, 3.8) is 0 Å². The highest BCUT2D eigenvalue weighted by molar-refractivity contribution is 5.85. The number of hydrogen-bond acceptors (Lipinski definition) is 4. The van der Waals surface area contributed by atoms with Crippen molar-refractivity contribution in [3.05, 3.63) is 53.9 Å². The second kappa shape index (κ2) is 5.67. The fourth-order valence-corrected chi connectivity index (χ4v) is 1.37. The SMILES string of the molecule is O=C(O)/C=C/c1ccccc1OCc1cnoc1. The van der Waals surface area contributed by atoms with Gasteiger partial charge < -0.3 is 14.4 Å². The molecular weight excluding hydrogens is 234 g/mol. The van der Waals surface area contributed by atoms with Gasteiger partial charge in [-0.3, -0.25) is 0 Å². The molecule has 92 valence electrons. The van der Waals surface area contributed by atoms with E-state index in [-0.39, 0.29) is 0 Å². The number of aromatic nitrogens is 1. The lowest BCUT2D eigenvalue weighted by Gasteiger charge is -2.07. The van der Waals surface area contributed by atoms with Crippen molar-refractivity contribution in [3.8, 4) is 5.75 Å². The smallest absolute Gasteiger partial charge is 0.328 e. The van der Waals surface area contributed by atoms with Gasteiger partial charge in [-0.1, -0.05) is 23.4 Å². The van der Waals surface area contributed by atoms with Crippen LogP contribution in [0.2, 0.25) is 0 Å². The first-order valence-electron chi connectivity index (χ1n) is 5.27. The molecule has 0 amide bonds. The molecule has 0 unspecified atom stereocenters. The van der Waals surface area contributed by atoms with Crippen molar-refractivity contribution < 1.29 is 19.2 Å². The quantitative estimate of drug-likeness (QED) is 0.818. The molecule has 0 bridgehead atoms. The molecule has 1 N–H and O–H groups in total. The summed E-state index contributed by atoms with van der Waals surface area (Å²) < 4.78 is 10.3. The van der Waals surface area contributed by atoms with Gasteiger partial charge in [-0.2, -0.15) is 0 Å². The van der Waals surface area contributed by atoms with E-state index in [0.29, 0.717) is 17.9 Å². The van der Waals surface area contributed by atoms with Crippen molar-refractivity contribution in [2.75, 3.05) is 0 Å². The molecule has 0 spiro atoms. The molecule has 1 aromatic heterocycles. The number of benzene rings is 1. The van der Waals surface area contributed by atoms with Crippen LogP contribution in [-0.4, -0.2) is 16.2 Å². The van der Waals surface area contributed by atoms with Crippen LogP contribution < -0.4 is 4.74 Å². The Balaban J connectivity index is 2.09. The fourth-order valence-electron chi connectivity index (χ4n) is 1.37. The highest BCUT2D eigenvalue weighted by Crippen LogP contribution is 2.20. The number of para-hydroxylation sites is 1. The second-order valence-electron chi connectivity index (χ2n) is 3.53. The molecular formula is C13H11NO4. The molecule has 0 radical (unpaired) electrons. The zero-order chi connectivity index (χ0) is 12.8. The standard InChI is InChI=1S/C13H11NO4/c15-13(16)6-5-11-3-1-2-4-12(11)17-8-10-7-14-18-9-10/h1-7,9H,8H2,(H,15,16)/b6-5+. The van der Waals surface area contributed by atoms with Crippen LogP contribution in [0, 0.1) is 0 Å². The van der Waals surface area contributed by atoms with Crippen LogP contribution >= 0.6 is 0 Å². The topological polar surface area (TPSA) is 72.6 Å². The number of carbonyl (C=O) groups is 1. The van der Waals surface area contributed by atoms with Gasteiger partial charge in [0.2, 0.25) is 0 Å². The first kappa shape index (κ1) is 11.9. The minimum absolute atomic E-state index is 0.321. The van der Waals surface area contributed by atoms with Crippen LogP contribution in [0.15, 0.2) is 47.3 Å². The maximum absolute atomic E-state index is 10.5. The Labute approximate surface area is 103 Å². The van der Waals surface area contributed by atoms with Gasteiger partial charge in [-0.15, -0.1) is 0 Å². The Morgan fingerprint density at radius 3 is 3.00 bits per heavy atom. The van der Waals surface area contributed by atoms with Crippen LogP contribution in [0.1, 0.15) is 11.1 Å². The third-order valence-electron chi connectivity index (χ3n) is 2.20. The monoisotopic (exact) mass is 245 g/mol. The molecule has 2 rings (SSSR count). The predicted octanol–water partition coefficient (Wildman–Crippen LogP) is 2.35. The molecule has 5 heteroatoms. The molecule has 0 aliphatic rings. The summed E-state index contributed by atoms with van der Waals surface area (Å²) in [4.78, 5) is 10.5. The minimum Gasteiger partial charge on any atom is -0.488 e. The van der Waals surface area contributed by atoms with E-state index in [4.69, 9.17) is 14.4 Å². The van der Waals surface area contributed by atoms with E-state index in [9.17, 15) is 4.79 Å². The Hall–Kier alpha value is -2.56. The van der Waals surface area contributed by atoms with E-state index in [2.05, 4.69) is 5.16 Å². The lowest BCUT2D eigenvalue weighted by molar-refractivity contribution is -0.131. The Morgan fingerprint density at radius 2 is 2.28 bits per heavy atom. The first-order valence-corrected chi connectivity index (χ1v) is 5.27. The van der Waals surface area contributed by atoms with Crippen LogP contribution in [0.25, 0.3) is 6.08 Å². The number of nitrogens with zero attached hydrogens (tertiary/aromatic N) is 1. The van der Waals surface area contributed by atoms with Crippen molar-refractivity contribution >= 4 is 12.0 Å². The van der Waals surface area contributed by atoms with E-state index in [0.717, 1.165) is 11.6 Å². The second-order valence-corrected chi connectivity index (χ2v) is 3.53. The van der Waals surface area contributed by atoms with Gasteiger partial charge >= 0.3 is 5.97 Å². The summed E-state index contributed by atoms with van der Waals surface area (Å²) in [6.45, 7) is 0.321. The van der Waals surface area contributed by atoms with Crippen molar-refractivity contribution in [2.24, 2.45) is 0 Å². The van der Waals surface area contributed by atoms with E-state index >= 15 is 0 Å². The Bertz CT molecular complexity index is 546. The minimum atomic E-state index is -0.996. The zero-order valence-electron chi connectivity index (χ0n) is 9.45. The summed E-state index contributed by atoms with van der Waals surface area (Å²) in [5.74, 6) is -0.389. The van der Waals surface area contributed by atoms with Crippen LogP contribution in [-0.2, 0) is 11.4 Å². The lowest BCUT2D eigenvalue weighted by Crippen LogP contribution is -1.95. The molecule has 0 aliphatic carbocycles. The summed E-state index contributed by atoms with van der Waals surface area (Å²) in [5.41, 5.74) is 1.52. The van der Waals surface area contributed by atoms with Gasteiger partial charge in [0, 0.05) is 17.2 Å². The average Bonchev–Trinajstić information content (AvgIpc) is 2.88. The van der Waals surface area contributed by atoms with Crippen molar-refractivity contribution in [2.45, 2.75) is 6.61 Å². The highest BCUT2D eigenvalue weighted by atomic mass is 16.5. The van der Waals surface area contributed by atoms with Gasteiger partial charge in [-0.05, 0) is 12.1 Å².